The third-order valence-corrected chi connectivity index (χ3v) is 4.63. The maximum Gasteiger partial charge on any atom is 0.161 e. The van der Waals surface area contributed by atoms with Crippen LogP contribution >= 0.6 is 24.0 Å². The van der Waals surface area contributed by atoms with Crippen molar-refractivity contribution in [2.75, 3.05) is 13.7 Å². The molecule has 0 fully saturated rings. The molecule has 0 N–H and O–H groups in total. The molecule has 0 bridgehead atoms. The second-order valence-electron chi connectivity index (χ2n) is 4.24. The van der Waals surface area contributed by atoms with E-state index in [4.69, 9.17) is 9.47 Å². The van der Waals surface area contributed by atoms with Gasteiger partial charge in [-0.3, -0.25) is 0 Å². The summed E-state index contributed by atoms with van der Waals surface area (Å²) in [6.45, 7) is 2.72. The lowest BCUT2D eigenvalue weighted by atomic mass is 10.3. The predicted octanol–water partition coefficient (Wildman–Crippen LogP) is 3.77. The van der Waals surface area contributed by atoms with E-state index >= 15 is 0 Å². The van der Waals surface area contributed by atoms with Gasteiger partial charge < -0.3 is 9.47 Å². The minimum Gasteiger partial charge on any atom is -0.493 e. The van der Waals surface area contributed by atoms with Gasteiger partial charge >= 0.3 is 0 Å². The summed E-state index contributed by atoms with van der Waals surface area (Å²) in [5.74, 6) is 2.29. The summed E-state index contributed by atoms with van der Waals surface area (Å²) in [6.07, 6.45) is 1.77. The molecule has 2 rings (SSSR count). The quantitative estimate of drug-likeness (QED) is 0.790. The molecule has 0 radical (unpaired) electrons. The SMILES string of the molecule is CCc1nc(CCOc2ccccc2OC)sc1CS. The molecule has 20 heavy (non-hydrogen) atoms. The number of aromatic nitrogens is 1. The molecule has 1 heterocycles. The van der Waals surface area contributed by atoms with Gasteiger partial charge in [0, 0.05) is 17.1 Å². The lowest BCUT2D eigenvalue weighted by Crippen LogP contribution is -2.02. The third kappa shape index (κ3) is 3.67. The van der Waals surface area contributed by atoms with Gasteiger partial charge in [-0.05, 0) is 18.6 Å². The van der Waals surface area contributed by atoms with E-state index in [2.05, 4.69) is 24.5 Å². The van der Waals surface area contributed by atoms with E-state index in [-0.39, 0.29) is 0 Å². The molecule has 0 amide bonds. The molecule has 3 nitrogen and oxygen atoms in total. The fraction of sp³-hybridized carbons (Fsp3) is 0.400. The van der Waals surface area contributed by atoms with E-state index in [0.29, 0.717) is 6.61 Å². The Kier molecular flexibility index (Phi) is 5.73. The van der Waals surface area contributed by atoms with Crippen LogP contribution in [0.25, 0.3) is 0 Å². The van der Waals surface area contributed by atoms with Crippen LogP contribution in [0, 0.1) is 0 Å². The number of benzene rings is 1. The maximum atomic E-state index is 5.77. The molecule has 0 aliphatic heterocycles. The first-order valence-corrected chi connectivity index (χ1v) is 8.07. The van der Waals surface area contributed by atoms with Gasteiger partial charge in [0.15, 0.2) is 11.5 Å². The first-order valence-electron chi connectivity index (χ1n) is 6.62. The number of thiol groups is 1. The molecule has 0 aliphatic rings. The van der Waals surface area contributed by atoms with Crippen LogP contribution in [-0.2, 0) is 18.6 Å². The van der Waals surface area contributed by atoms with Gasteiger partial charge in [-0.2, -0.15) is 12.6 Å². The zero-order valence-electron chi connectivity index (χ0n) is 11.8. The molecule has 0 unspecified atom stereocenters. The molecular formula is C15H19NO2S2. The van der Waals surface area contributed by atoms with Crippen molar-refractivity contribution in [1.29, 1.82) is 0 Å². The Labute approximate surface area is 129 Å². The Bertz CT molecular complexity index is 533. The monoisotopic (exact) mass is 309 g/mol. The fourth-order valence-electron chi connectivity index (χ4n) is 1.93. The number of nitrogens with zero attached hydrogens (tertiary/aromatic N) is 1. The average Bonchev–Trinajstić information content (AvgIpc) is 2.90. The van der Waals surface area contributed by atoms with Crippen LogP contribution in [0.3, 0.4) is 0 Å². The molecule has 0 aliphatic carbocycles. The largest absolute Gasteiger partial charge is 0.493 e. The summed E-state index contributed by atoms with van der Waals surface area (Å²) < 4.78 is 11.0. The standard InChI is InChI=1S/C15H19NO2S2/c1-3-11-14(10-19)20-15(16-11)8-9-18-13-7-5-4-6-12(13)17-2/h4-7,19H,3,8-10H2,1-2H3. The summed E-state index contributed by atoms with van der Waals surface area (Å²) in [5.41, 5.74) is 1.16. The van der Waals surface area contributed by atoms with Crippen LogP contribution in [0.2, 0.25) is 0 Å². The van der Waals surface area contributed by atoms with E-state index in [1.807, 2.05) is 24.3 Å². The number of methoxy groups -OCH3 is 1. The second kappa shape index (κ2) is 7.55. The van der Waals surface area contributed by atoms with Gasteiger partial charge in [0.1, 0.15) is 0 Å². The van der Waals surface area contributed by atoms with E-state index in [9.17, 15) is 0 Å². The van der Waals surface area contributed by atoms with Crippen molar-refractivity contribution in [3.8, 4) is 11.5 Å². The summed E-state index contributed by atoms with van der Waals surface area (Å²) >= 11 is 6.07. The van der Waals surface area contributed by atoms with Crippen molar-refractivity contribution in [2.45, 2.75) is 25.5 Å². The topological polar surface area (TPSA) is 31.4 Å². The Balaban J connectivity index is 1.94. The van der Waals surface area contributed by atoms with E-state index in [0.717, 1.165) is 40.8 Å². The average molecular weight is 309 g/mol. The summed E-state index contributed by atoms with van der Waals surface area (Å²) in [5, 5.41) is 1.11. The molecule has 2 aromatic rings. The Morgan fingerprint density at radius 3 is 2.60 bits per heavy atom. The highest BCUT2D eigenvalue weighted by Crippen LogP contribution is 2.26. The first kappa shape index (κ1) is 15.2. The van der Waals surface area contributed by atoms with Crippen LogP contribution in [0.1, 0.15) is 22.5 Å². The van der Waals surface area contributed by atoms with Gasteiger partial charge in [-0.1, -0.05) is 19.1 Å². The molecule has 0 saturated heterocycles. The lowest BCUT2D eigenvalue weighted by Gasteiger charge is -2.09. The van der Waals surface area contributed by atoms with Crippen LogP contribution in [0.5, 0.6) is 11.5 Å². The van der Waals surface area contributed by atoms with Crippen LogP contribution in [0.4, 0.5) is 0 Å². The highest BCUT2D eigenvalue weighted by Gasteiger charge is 2.09. The molecule has 0 atom stereocenters. The van der Waals surface area contributed by atoms with Gasteiger partial charge in [-0.15, -0.1) is 11.3 Å². The molecule has 5 heteroatoms. The number of hydrogen-bond donors (Lipinski definition) is 1. The Hall–Kier alpha value is -1.20. The molecule has 0 spiro atoms. The molecule has 108 valence electrons. The van der Waals surface area contributed by atoms with Gasteiger partial charge in [0.25, 0.3) is 0 Å². The molecule has 0 saturated carbocycles. The Morgan fingerprint density at radius 1 is 1.25 bits per heavy atom. The summed E-state index contributed by atoms with van der Waals surface area (Å²) in [7, 11) is 1.65. The Morgan fingerprint density at radius 2 is 2.00 bits per heavy atom. The summed E-state index contributed by atoms with van der Waals surface area (Å²) in [6, 6.07) is 7.68. The van der Waals surface area contributed by atoms with Crippen molar-refractivity contribution in [1.82, 2.24) is 4.98 Å². The number of para-hydroxylation sites is 2. The number of hydrogen-bond acceptors (Lipinski definition) is 5. The van der Waals surface area contributed by atoms with Crippen molar-refractivity contribution in [2.24, 2.45) is 0 Å². The predicted molar refractivity (Wildman–Crippen MR) is 86.4 cm³/mol. The normalized spacial score (nSPS) is 10.6. The van der Waals surface area contributed by atoms with Gasteiger partial charge in [-0.25, -0.2) is 4.98 Å². The summed E-state index contributed by atoms with van der Waals surface area (Å²) in [4.78, 5) is 5.90. The highest BCUT2D eigenvalue weighted by molar-refractivity contribution is 7.79. The lowest BCUT2D eigenvalue weighted by molar-refractivity contribution is 0.297. The highest BCUT2D eigenvalue weighted by atomic mass is 32.1. The third-order valence-electron chi connectivity index (χ3n) is 2.94. The van der Waals surface area contributed by atoms with E-state index in [1.165, 1.54) is 4.88 Å². The van der Waals surface area contributed by atoms with Crippen molar-refractivity contribution >= 4 is 24.0 Å². The second-order valence-corrected chi connectivity index (χ2v) is 5.72. The van der Waals surface area contributed by atoms with Crippen molar-refractivity contribution < 1.29 is 9.47 Å². The molecule has 1 aromatic heterocycles. The van der Waals surface area contributed by atoms with Crippen LogP contribution < -0.4 is 9.47 Å². The van der Waals surface area contributed by atoms with E-state index in [1.54, 1.807) is 18.4 Å². The van der Waals surface area contributed by atoms with Crippen molar-refractivity contribution in [3.63, 3.8) is 0 Å². The minimum absolute atomic E-state index is 0.600. The first-order chi connectivity index (χ1) is 9.78. The zero-order chi connectivity index (χ0) is 14.4. The fourth-order valence-corrected chi connectivity index (χ4v) is 3.30. The minimum atomic E-state index is 0.600. The van der Waals surface area contributed by atoms with Crippen molar-refractivity contribution in [3.05, 3.63) is 39.8 Å². The number of ether oxygens (including phenoxy) is 2. The number of aryl methyl sites for hydroxylation is 1. The number of rotatable bonds is 7. The van der Waals surface area contributed by atoms with Gasteiger partial charge in [0.05, 0.1) is 24.4 Å². The van der Waals surface area contributed by atoms with Crippen LogP contribution in [0.15, 0.2) is 24.3 Å². The zero-order valence-corrected chi connectivity index (χ0v) is 13.5. The molecular weight excluding hydrogens is 290 g/mol. The van der Waals surface area contributed by atoms with Gasteiger partial charge in [0.2, 0.25) is 0 Å². The number of thiazole rings is 1. The maximum absolute atomic E-state index is 5.77. The molecule has 1 aromatic carbocycles. The van der Waals surface area contributed by atoms with E-state index < -0.39 is 0 Å². The van der Waals surface area contributed by atoms with Crippen LogP contribution in [-0.4, -0.2) is 18.7 Å². The smallest absolute Gasteiger partial charge is 0.161 e.